The van der Waals surface area contributed by atoms with Crippen LogP contribution in [0.25, 0.3) is 11.4 Å². The fourth-order valence-corrected chi connectivity index (χ4v) is 1.40. The summed E-state index contributed by atoms with van der Waals surface area (Å²) in [6.07, 6.45) is 2.96. The minimum atomic E-state index is -0.682. The SMILES string of the molecule is O=[N+]([O-])c1ccc(-c2ncc[nH]2)c([N+](=O)[O-])c1. The van der Waals surface area contributed by atoms with Crippen LogP contribution in [0, 0.1) is 20.2 Å². The van der Waals surface area contributed by atoms with Crippen LogP contribution in [0.3, 0.4) is 0 Å². The molecule has 8 heteroatoms. The summed E-state index contributed by atoms with van der Waals surface area (Å²) in [5.74, 6) is 0.298. The van der Waals surface area contributed by atoms with Crippen LogP contribution in [0.1, 0.15) is 0 Å². The van der Waals surface area contributed by atoms with Crippen LogP contribution < -0.4 is 0 Å². The first-order chi connectivity index (χ1) is 8.09. The van der Waals surface area contributed by atoms with E-state index in [1.165, 1.54) is 24.5 Å². The van der Waals surface area contributed by atoms with E-state index < -0.39 is 9.85 Å². The fourth-order valence-electron chi connectivity index (χ4n) is 1.40. The third kappa shape index (κ3) is 1.95. The molecule has 17 heavy (non-hydrogen) atoms. The number of aromatic amines is 1. The normalized spacial score (nSPS) is 10.1. The van der Waals surface area contributed by atoms with Crippen LogP contribution in [0.4, 0.5) is 11.4 Å². The lowest BCUT2D eigenvalue weighted by molar-refractivity contribution is -0.393. The van der Waals surface area contributed by atoms with Gasteiger partial charge in [0.2, 0.25) is 0 Å². The Balaban J connectivity index is 2.61. The van der Waals surface area contributed by atoms with Gasteiger partial charge in [-0.2, -0.15) is 0 Å². The van der Waals surface area contributed by atoms with Crippen molar-refractivity contribution in [2.24, 2.45) is 0 Å². The topological polar surface area (TPSA) is 115 Å². The van der Waals surface area contributed by atoms with Gasteiger partial charge in [-0.1, -0.05) is 0 Å². The van der Waals surface area contributed by atoms with Gasteiger partial charge in [0.25, 0.3) is 11.4 Å². The molecule has 2 rings (SSSR count). The molecular formula is C9H6N4O4. The summed E-state index contributed by atoms with van der Waals surface area (Å²) < 4.78 is 0. The van der Waals surface area contributed by atoms with Crippen molar-refractivity contribution in [3.63, 3.8) is 0 Å². The second kappa shape index (κ2) is 4.00. The molecule has 0 radical (unpaired) electrons. The molecule has 0 fully saturated rings. The van der Waals surface area contributed by atoms with Crippen molar-refractivity contribution in [3.05, 3.63) is 50.8 Å². The van der Waals surface area contributed by atoms with Crippen molar-refractivity contribution in [1.82, 2.24) is 9.97 Å². The Morgan fingerprint density at radius 3 is 2.47 bits per heavy atom. The number of H-pyrrole nitrogens is 1. The van der Waals surface area contributed by atoms with Crippen LogP contribution in [0.5, 0.6) is 0 Å². The van der Waals surface area contributed by atoms with E-state index in [2.05, 4.69) is 9.97 Å². The van der Waals surface area contributed by atoms with Crippen molar-refractivity contribution in [2.45, 2.75) is 0 Å². The Labute approximate surface area is 94.2 Å². The zero-order valence-electron chi connectivity index (χ0n) is 8.36. The number of rotatable bonds is 3. The van der Waals surface area contributed by atoms with Gasteiger partial charge >= 0.3 is 0 Å². The van der Waals surface area contributed by atoms with Gasteiger partial charge in [0.15, 0.2) is 0 Å². The first-order valence-electron chi connectivity index (χ1n) is 4.52. The number of benzene rings is 1. The van der Waals surface area contributed by atoms with Crippen molar-refractivity contribution >= 4 is 11.4 Å². The highest BCUT2D eigenvalue weighted by Crippen LogP contribution is 2.30. The Kier molecular flexibility index (Phi) is 2.53. The smallest absolute Gasteiger partial charge is 0.287 e. The predicted molar refractivity (Wildman–Crippen MR) is 57.3 cm³/mol. The number of non-ortho nitro benzene ring substituents is 1. The van der Waals surface area contributed by atoms with E-state index in [1.54, 1.807) is 0 Å². The van der Waals surface area contributed by atoms with Crippen molar-refractivity contribution in [3.8, 4) is 11.4 Å². The van der Waals surface area contributed by atoms with E-state index in [1.807, 2.05) is 0 Å². The highest BCUT2D eigenvalue weighted by atomic mass is 16.6. The lowest BCUT2D eigenvalue weighted by Crippen LogP contribution is -1.96. The number of aromatic nitrogens is 2. The zero-order chi connectivity index (χ0) is 12.4. The van der Waals surface area contributed by atoms with Gasteiger partial charge in [0, 0.05) is 18.5 Å². The third-order valence-corrected chi connectivity index (χ3v) is 2.14. The molecule has 1 N–H and O–H groups in total. The average Bonchev–Trinajstić information content (AvgIpc) is 2.81. The maximum absolute atomic E-state index is 10.8. The minimum Gasteiger partial charge on any atom is -0.344 e. The van der Waals surface area contributed by atoms with E-state index >= 15 is 0 Å². The van der Waals surface area contributed by atoms with Crippen LogP contribution >= 0.6 is 0 Å². The number of nitrogens with zero attached hydrogens (tertiary/aromatic N) is 3. The molecule has 0 unspecified atom stereocenters. The molecule has 0 atom stereocenters. The largest absolute Gasteiger partial charge is 0.344 e. The third-order valence-electron chi connectivity index (χ3n) is 2.14. The summed E-state index contributed by atoms with van der Waals surface area (Å²) in [5, 5.41) is 21.4. The molecule has 0 aliphatic rings. The zero-order valence-corrected chi connectivity index (χ0v) is 8.36. The molecule has 0 bridgehead atoms. The molecule has 1 aromatic carbocycles. The van der Waals surface area contributed by atoms with Crippen molar-refractivity contribution in [2.75, 3.05) is 0 Å². The number of nitro groups is 2. The molecule has 0 aliphatic carbocycles. The standard InChI is InChI=1S/C9H6N4O4/c14-12(15)6-1-2-7(8(5-6)13(16)17)9-10-3-4-11-9/h1-5H,(H,10,11). The molecule has 2 aromatic rings. The summed E-state index contributed by atoms with van der Waals surface area (Å²) >= 11 is 0. The minimum absolute atomic E-state index is 0.214. The molecule has 0 amide bonds. The molecular weight excluding hydrogens is 228 g/mol. The van der Waals surface area contributed by atoms with Gasteiger partial charge in [0.1, 0.15) is 5.82 Å². The van der Waals surface area contributed by atoms with Gasteiger partial charge in [-0.05, 0) is 6.07 Å². The van der Waals surface area contributed by atoms with Crippen molar-refractivity contribution < 1.29 is 9.85 Å². The molecule has 8 nitrogen and oxygen atoms in total. The summed E-state index contributed by atoms with van der Waals surface area (Å²) in [6.45, 7) is 0. The van der Waals surface area contributed by atoms with Crippen LogP contribution in [-0.4, -0.2) is 19.8 Å². The number of nitro benzene ring substituents is 2. The van der Waals surface area contributed by atoms with E-state index in [-0.39, 0.29) is 16.9 Å². The van der Waals surface area contributed by atoms with Crippen molar-refractivity contribution in [1.29, 1.82) is 0 Å². The van der Waals surface area contributed by atoms with E-state index in [0.717, 1.165) is 6.07 Å². The lowest BCUT2D eigenvalue weighted by Gasteiger charge is -1.99. The van der Waals surface area contributed by atoms with Gasteiger partial charge in [-0.25, -0.2) is 4.98 Å². The molecule has 1 aromatic heterocycles. The quantitative estimate of drug-likeness (QED) is 0.643. The van der Waals surface area contributed by atoms with Crippen LogP contribution in [0.2, 0.25) is 0 Å². The molecule has 0 spiro atoms. The van der Waals surface area contributed by atoms with Crippen LogP contribution in [-0.2, 0) is 0 Å². The van der Waals surface area contributed by atoms with Crippen LogP contribution in [0.15, 0.2) is 30.6 Å². The number of hydrogen-bond acceptors (Lipinski definition) is 5. The van der Waals surface area contributed by atoms with Gasteiger partial charge in [-0.15, -0.1) is 0 Å². The maximum Gasteiger partial charge on any atom is 0.287 e. The molecule has 0 aliphatic heterocycles. The highest BCUT2D eigenvalue weighted by Gasteiger charge is 2.21. The molecule has 0 saturated carbocycles. The summed E-state index contributed by atoms with van der Waals surface area (Å²) in [6, 6.07) is 3.41. The maximum atomic E-state index is 10.8. The Morgan fingerprint density at radius 1 is 1.18 bits per heavy atom. The Hall–Kier alpha value is -2.77. The Morgan fingerprint density at radius 2 is 1.94 bits per heavy atom. The predicted octanol–water partition coefficient (Wildman–Crippen LogP) is 1.89. The highest BCUT2D eigenvalue weighted by molar-refractivity contribution is 5.70. The number of nitrogens with one attached hydrogen (secondary N) is 1. The second-order valence-electron chi connectivity index (χ2n) is 3.15. The summed E-state index contributed by atoms with van der Waals surface area (Å²) in [4.78, 5) is 26.6. The summed E-state index contributed by atoms with van der Waals surface area (Å²) in [5.41, 5.74) is -0.466. The fraction of sp³-hybridized carbons (Fsp3) is 0. The first-order valence-corrected chi connectivity index (χ1v) is 4.52. The molecule has 0 saturated heterocycles. The first kappa shape index (κ1) is 10.7. The summed E-state index contributed by atoms with van der Waals surface area (Å²) in [7, 11) is 0. The number of hydrogen-bond donors (Lipinski definition) is 1. The monoisotopic (exact) mass is 234 g/mol. The van der Waals surface area contributed by atoms with E-state index in [4.69, 9.17) is 0 Å². The molecule has 86 valence electrons. The van der Waals surface area contributed by atoms with Gasteiger partial charge in [-0.3, -0.25) is 20.2 Å². The molecule has 1 heterocycles. The van der Waals surface area contributed by atoms with E-state index in [0.29, 0.717) is 5.82 Å². The lowest BCUT2D eigenvalue weighted by atomic mass is 10.1. The second-order valence-corrected chi connectivity index (χ2v) is 3.15. The van der Waals surface area contributed by atoms with E-state index in [9.17, 15) is 20.2 Å². The van der Waals surface area contributed by atoms with Gasteiger partial charge in [0.05, 0.1) is 21.5 Å². The average molecular weight is 234 g/mol. The number of imidazole rings is 1. The Bertz CT molecular complexity index is 579. The van der Waals surface area contributed by atoms with Gasteiger partial charge < -0.3 is 4.98 Å².